The van der Waals surface area contributed by atoms with Crippen LogP contribution < -0.4 is 10.9 Å². The number of rotatable bonds is 3. The minimum Gasteiger partial charge on any atom is -0.383 e. The van der Waals surface area contributed by atoms with E-state index in [1.54, 1.807) is 12.1 Å². The molecule has 0 saturated heterocycles. The number of nitrogen functional groups attached to an aromatic ring is 1. The van der Waals surface area contributed by atoms with Crippen molar-refractivity contribution in [1.29, 1.82) is 0 Å². The maximum Gasteiger partial charge on any atom is 0.213 e. The lowest BCUT2D eigenvalue weighted by Gasteiger charge is -2.19. The van der Waals surface area contributed by atoms with E-state index in [1.807, 2.05) is 37.6 Å². The van der Waals surface area contributed by atoms with Gasteiger partial charge in [-0.05, 0) is 38.5 Å². The molecule has 0 unspecified atom stereocenters. The molecule has 5 N–H and O–H groups in total. The smallest absolute Gasteiger partial charge is 0.213 e. The summed E-state index contributed by atoms with van der Waals surface area (Å²) < 4.78 is 24.6. The zero-order valence-electron chi connectivity index (χ0n) is 15.8. The Morgan fingerprint density at radius 3 is 2.61 bits per heavy atom. The number of nitrogens with zero attached hydrogens (tertiary/aromatic N) is 4. The number of aromatic amines is 1. The van der Waals surface area contributed by atoms with Gasteiger partial charge in [0.25, 0.3) is 0 Å². The van der Waals surface area contributed by atoms with E-state index in [4.69, 9.17) is 16.0 Å². The van der Waals surface area contributed by atoms with E-state index in [0.29, 0.717) is 28.1 Å². The average Bonchev–Trinajstić information content (AvgIpc) is 3.14. The molecule has 0 atom stereocenters. The van der Waals surface area contributed by atoms with Gasteiger partial charge in [0.15, 0.2) is 5.65 Å². The molecule has 3 heterocycles. The van der Waals surface area contributed by atoms with Gasteiger partial charge in [0.1, 0.15) is 17.8 Å². The van der Waals surface area contributed by atoms with E-state index in [0.717, 1.165) is 16.6 Å². The van der Waals surface area contributed by atoms with E-state index in [1.165, 1.54) is 6.33 Å². The normalized spacial score (nSPS) is 12.9. The van der Waals surface area contributed by atoms with Gasteiger partial charge >= 0.3 is 0 Å². The SMILES string of the molecule is CC(C)(C)n1nc(-c2cc3ccc(CS(N)(=O)=O)cc3[nH]2)c2c(N)ncnc21. The summed E-state index contributed by atoms with van der Waals surface area (Å²) in [6.45, 7) is 6.10. The first kappa shape index (κ1) is 18.4. The summed E-state index contributed by atoms with van der Waals surface area (Å²) in [7, 11) is -3.60. The molecule has 4 rings (SSSR count). The van der Waals surface area contributed by atoms with Gasteiger partial charge in [-0.3, -0.25) is 0 Å². The number of anilines is 1. The fourth-order valence-electron chi connectivity index (χ4n) is 3.25. The van der Waals surface area contributed by atoms with Gasteiger partial charge in [-0.1, -0.05) is 12.1 Å². The Labute approximate surface area is 161 Å². The molecular formula is C18H21N7O2S. The Bertz CT molecular complexity index is 1310. The Kier molecular flexibility index (Phi) is 3.95. The van der Waals surface area contributed by atoms with E-state index < -0.39 is 10.0 Å². The van der Waals surface area contributed by atoms with E-state index in [9.17, 15) is 8.42 Å². The van der Waals surface area contributed by atoms with Crippen molar-refractivity contribution in [3.63, 3.8) is 0 Å². The summed E-state index contributed by atoms with van der Waals surface area (Å²) in [6, 6.07) is 7.30. The Morgan fingerprint density at radius 2 is 1.93 bits per heavy atom. The minimum absolute atomic E-state index is 0.223. The average molecular weight is 399 g/mol. The molecule has 0 aliphatic heterocycles. The molecule has 3 aromatic heterocycles. The topological polar surface area (TPSA) is 146 Å². The monoisotopic (exact) mass is 399 g/mol. The molecule has 0 bridgehead atoms. The largest absolute Gasteiger partial charge is 0.383 e. The van der Waals surface area contributed by atoms with Crippen molar-refractivity contribution < 1.29 is 8.42 Å². The van der Waals surface area contributed by atoms with Crippen molar-refractivity contribution in [3.05, 3.63) is 36.2 Å². The van der Waals surface area contributed by atoms with Crippen LogP contribution >= 0.6 is 0 Å². The van der Waals surface area contributed by atoms with Crippen molar-refractivity contribution in [2.24, 2.45) is 5.14 Å². The van der Waals surface area contributed by atoms with Crippen LogP contribution in [0.1, 0.15) is 26.3 Å². The summed E-state index contributed by atoms with van der Waals surface area (Å²) in [4.78, 5) is 11.8. The molecule has 0 aliphatic rings. The summed E-state index contributed by atoms with van der Waals surface area (Å²) in [5, 5.41) is 11.5. The number of sulfonamides is 1. The van der Waals surface area contributed by atoms with Gasteiger partial charge in [-0.15, -0.1) is 0 Å². The fraction of sp³-hybridized carbons (Fsp3) is 0.278. The second-order valence-corrected chi connectivity index (χ2v) is 9.41. The maximum absolute atomic E-state index is 11.4. The molecule has 0 radical (unpaired) electrons. The zero-order chi connectivity index (χ0) is 20.3. The molecule has 0 saturated carbocycles. The summed E-state index contributed by atoms with van der Waals surface area (Å²) >= 11 is 0. The predicted octanol–water partition coefficient (Wildman–Crippen LogP) is 2.10. The van der Waals surface area contributed by atoms with Crippen LogP contribution in [0.15, 0.2) is 30.6 Å². The Morgan fingerprint density at radius 1 is 1.18 bits per heavy atom. The van der Waals surface area contributed by atoms with Gasteiger partial charge in [0, 0.05) is 10.9 Å². The van der Waals surface area contributed by atoms with Crippen molar-refractivity contribution in [3.8, 4) is 11.4 Å². The van der Waals surface area contributed by atoms with Crippen LogP contribution in [0, 0.1) is 0 Å². The highest BCUT2D eigenvalue weighted by atomic mass is 32.2. The molecule has 9 nitrogen and oxygen atoms in total. The Hall–Kier alpha value is -2.98. The lowest BCUT2D eigenvalue weighted by atomic mass is 10.1. The number of benzene rings is 1. The van der Waals surface area contributed by atoms with Gasteiger partial charge in [0.05, 0.1) is 22.4 Å². The fourth-order valence-corrected chi connectivity index (χ4v) is 3.90. The third kappa shape index (κ3) is 3.20. The van der Waals surface area contributed by atoms with E-state index in [2.05, 4.69) is 15.0 Å². The minimum atomic E-state index is -3.60. The molecule has 0 spiro atoms. The highest BCUT2D eigenvalue weighted by Gasteiger charge is 2.24. The summed E-state index contributed by atoms with van der Waals surface area (Å²) in [5.74, 6) is 0.128. The van der Waals surface area contributed by atoms with Crippen molar-refractivity contribution >= 4 is 37.8 Å². The van der Waals surface area contributed by atoms with Gasteiger partial charge in [0.2, 0.25) is 10.0 Å². The number of H-pyrrole nitrogens is 1. The van der Waals surface area contributed by atoms with Crippen LogP contribution in [-0.4, -0.2) is 33.2 Å². The first-order chi connectivity index (χ1) is 13.0. The van der Waals surface area contributed by atoms with Crippen LogP contribution in [0.2, 0.25) is 0 Å². The number of primary sulfonamides is 1. The van der Waals surface area contributed by atoms with E-state index >= 15 is 0 Å². The number of fused-ring (bicyclic) bond motifs is 2. The molecule has 0 aliphatic carbocycles. The number of hydrogen-bond donors (Lipinski definition) is 3. The first-order valence-corrected chi connectivity index (χ1v) is 10.4. The number of aromatic nitrogens is 5. The molecule has 1 aromatic carbocycles. The first-order valence-electron chi connectivity index (χ1n) is 8.65. The molecule has 0 fully saturated rings. The quantitative estimate of drug-likeness (QED) is 0.481. The van der Waals surface area contributed by atoms with Gasteiger partial charge in [-0.2, -0.15) is 5.10 Å². The van der Waals surface area contributed by atoms with Crippen molar-refractivity contribution in [2.45, 2.75) is 32.1 Å². The molecule has 0 amide bonds. The second kappa shape index (κ2) is 6.01. The van der Waals surface area contributed by atoms with Crippen molar-refractivity contribution in [1.82, 2.24) is 24.7 Å². The van der Waals surface area contributed by atoms with Gasteiger partial charge in [-0.25, -0.2) is 28.2 Å². The Balaban J connectivity index is 1.92. The molecular weight excluding hydrogens is 378 g/mol. The molecule has 10 heteroatoms. The predicted molar refractivity (Wildman–Crippen MR) is 109 cm³/mol. The summed E-state index contributed by atoms with van der Waals surface area (Å²) in [6.07, 6.45) is 1.43. The van der Waals surface area contributed by atoms with Gasteiger partial charge < -0.3 is 10.7 Å². The van der Waals surface area contributed by atoms with Crippen LogP contribution in [0.5, 0.6) is 0 Å². The lowest BCUT2D eigenvalue weighted by molar-refractivity contribution is 0.366. The highest BCUT2D eigenvalue weighted by molar-refractivity contribution is 7.88. The highest BCUT2D eigenvalue weighted by Crippen LogP contribution is 2.34. The van der Waals surface area contributed by atoms with Crippen LogP contribution in [0.4, 0.5) is 5.82 Å². The molecule has 28 heavy (non-hydrogen) atoms. The number of nitrogens with one attached hydrogen (secondary N) is 1. The van der Waals surface area contributed by atoms with Crippen molar-refractivity contribution in [2.75, 3.05) is 5.73 Å². The molecule has 146 valence electrons. The van der Waals surface area contributed by atoms with Crippen LogP contribution in [0.3, 0.4) is 0 Å². The third-order valence-electron chi connectivity index (χ3n) is 4.44. The number of nitrogens with two attached hydrogens (primary N) is 2. The lowest BCUT2D eigenvalue weighted by Crippen LogP contribution is -2.23. The summed E-state index contributed by atoms with van der Waals surface area (Å²) in [5.41, 5.74) is 9.28. The van der Waals surface area contributed by atoms with Crippen LogP contribution in [0.25, 0.3) is 33.3 Å². The second-order valence-electron chi connectivity index (χ2n) is 7.80. The standard InChI is InChI=1S/C18H21N7O2S/c1-18(2,3)25-17-14(16(19)21-9-22-17)15(24-25)13-7-11-5-4-10(6-12(11)23-13)8-28(20,26)27/h4-7,9,23H,8H2,1-3H3,(H2,19,21,22)(H2,20,26,27). The number of hydrogen-bond acceptors (Lipinski definition) is 6. The maximum atomic E-state index is 11.4. The zero-order valence-corrected chi connectivity index (χ0v) is 16.6. The van der Waals surface area contributed by atoms with Crippen LogP contribution in [-0.2, 0) is 21.3 Å². The third-order valence-corrected chi connectivity index (χ3v) is 5.17. The van der Waals surface area contributed by atoms with E-state index in [-0.39, 0.29) is 11.3 Å². The molecule has 4 aromatic rings.